The zero-order chi connectivity index (χ0) is 16.6. The van der Waals surface area contributed by atoms with E-state index in [2.05, 4.69) is 5.43 Å². The van der Waals surface area contributed by atoms with Gasteiger partial charge in [0.15, 0.2) is 0 Å². The van der Waals surface area contributed by atoms with E-state index in [0.717, 1.165) is 17.2 Å². The predicted octanol–water partition coefficient (Wildman–Crippen LogP) is 2.30. The van der Waals surface area contributed by atoms with Gasteiger partial charge >= 0.3 is 5.88 Å². The normalized spacial score (nSPS) is 16.0. The molecule has 0 unspecified atom stereocenters. The lowest BCUT2D eigenvalue weighted by Gasteiger charge is -2.14. The van der Waals surface area contributed by atoms with E-state index in [-0.39, 0.29) is 11.3 Å². The molecule has 2 aromatic rings. The maximum absolute atomic E-state index is 12.3. The predicted molar refractivity (Wildman–Crippen MR) is 80.4 cm³/mol. The lowest BCUT2D eigenvalue weighted by Crippen LogP contribution is -2.35. The van der Waals surface area contributed by atoms with Gasteiger partial charge in [0.05, 0.1) is 11.8 Å². The number of halogens is 1. The molecule has 1 fully saturated rings. The quantitative estimate of drug-likeness (QED) is 0.401. The summed E-state index contributed by atoms with van der Waals surface area (Å²) in [5.74, 6) is -1.68. The summed E-state index contributed by atoms with van der Waals surface area (Å²) >= 11 is 5.78. The summed E-state index contributed by atoms with van der Waals surface area (Å²) in [7, 11) is 0. The highest BCUT2D eigenvalue weighted by Gasteiger charge is 2.34. The van der Waals surface area contributed by atoms with Crippen LogP contribution >= 0.6 is 11.6 Å². The van der Waals surface area contributed by atoms with Crippen LogP contribution in [0.4, 0.5) is 11.6 Å². The highest BCUT2D eigenvalue weighted by atomic mass is 35.5. The lowest BCUT2D eigenvalue weighted by molar-refractivity contribution is -0.402. The molecule has 116 valence electrons. The Morgan fingerprint density at radius 1 is 1.17 bits per heavy atom. The molecule has 8 nitrogen and oxygen atoms in total. The molecule has 23 heavy (non-hydrogen) atoms. The summed E-state index contributed by atoms with van der Waals surface area (Å²) in [5, 5.41) is 12.1. The largest absolute Gasteiger partial charge is 0.433 e. The van der Waals surface area contributed by atoms with Crippen molar-refractivity contribution in [2.24, 2.45) is 0 Å². The maximum Gasteiger partial charge on any atom is 0.433 e. The van der Waals surface area contributed by atoms with Crippen molar-refractivity contribution in [1.29, 1.82) is 0 Å². The van der Waals surface area contributed by atoms with E-state index < -0.39 is 22.6 Å². The van der Waals surface area contributed by atoms with Gasteiger partial charge in [-0.25, -0.2) is 5.01 Å². The maximum atomic E-state index is 12.3. The van der Waals surface area contributed by atoms with Crippen molar-refractivity contribution in [3.05, 3.63) is 62.9 Å². The topological polar surface area (TPSA) is 106 Å². The van der Waals surface area contributed by atoms with Gasteiger partial charge in [-0.15, -0.1) is 0 Å². The Hall–Kier alpha value is -3.13. The molecule has 0 atom stereocenters. The number of furan rings is 1. The van der Waals surface area contributed by atoms with Gasteiger partial charge in [0.25, 0.3) is 11.8 Å². The Bertz CT molecular complexity index is 840. The number of hydrogen-bond donors (Lipinski definition) is 1. The number of rotatable bonds is 3. The number of amides is 2. The van der Waals surface area contributed by atoms with E-state index in [1.54, 1.807) is 24.3 Å². The minimum Gasteiger partial charge on any atom is -0.401 e. The minimum absolute atomic E-state index is 0.0353. The summed E-state index contributed by atoms with van der Waals surface area (Å²) in [4.78, 5) is 34.1. The molecule has 0 bridgehead atoms. The molecule has 2 amide bonds. The van der Waals surface area contributed by atoms with Gasteiger partial charge < -0.3 is 4.42 Å². The van der Waals surface area contributed by atoms with Crippen LogP contribution in [0.1, 0.15) is 5.76 Å². The number of benzene rings is 1. The Labute approximate surface area is 134 Å². The van der Waals surface area contributed by atoms with Crippen molar-refractivity contribution in [3.63, 3.8) is 0 Å². The molecule has 0 radical (unpaired) electrons. The molecule has 2 heterocycles. The van der Waals surface area contributed by atoms with E-state index in [1.165, 1.54) is 6.07 Å². The van der Waals surface area contributed by atoms with Gasteiger partial charge in [-0.3, -0.25) is 25.1 Å². The van der Waals surface area contributed by atoms with E-state index >= 15 is 0 Å². The third-order valence-corrected chi connectivity index (χ3v) is 3.31. The van der Waals surface area contributed by atoms with Crippen molar-refractivity contribution < 1.29 is 18.9 Å². The molecule has 1 aliphatic rings. The summed E-state index contributed by atoms with van der Waals surface area (Å²) in [6, 6.07) is 8.74. The number of hydrogen-bond acceptors (Lipinski definition) is 5. The zero-order valence-electron chi connectivity index (χ0n) is 11.4. The number of carbonyl (C=O) groups excluding carboxylic acids is 2. The number of nitro groups is 1. The summed E-state index contributed by atoms with van der Waals surface area (Å²) in [6.45, 7) is 0. The van der Waals surface area contributed by atoms with E-state index in [0.29, 0.717) is 10.7 Å². The number of nitrogens with one attached hydrogen (secondary N) is 1. The lowest BCUT2D eigenvalue weighted by atomic mass is 10.2. The Kier molecular flexibility index (Phi) is 3.59. The number of anilines is 1. The second kappa shape index (κ2) is 5.58. The van der Waals surface area contributed by atoms with Crippen LogP contribution in [0.2, 0.25) is 5.02 Å². The molecule has 1 saturated heterocycles. The molecule has 1 N–H and O–H groups in total. The van der Waals surface area contributed by atoms with Gasteiger partial charge in [0.1, 0.15) is 16.3 Å². The van der Waals surface area contributed by atoms with Crippen molar-refractivity contribution in [3.8, 4) is 0 Å². The van der Waals surface area contributed by atoms with Gasteiger partial charge in [-0.05, 0) is 36.4 Å². The summed E-state index contributed by atoms with van der Waals surface area (Å²) in [6.07, 6.45) is 1.15. The monoisotopic (exact) mass is 333 g/mol. The Morgan fingerprint density at radius 2 is 1.87 bits per heavy atom. The van der Waals surface area contributed by atoms with Crippen molar-refractivity contribution in [2.45, 2.75) is 0 Å². The third kappa shape index (κ3) is 2.79. The van der Waals surface area contributed by atoms with Crippen LogP contribution in [-0.4, -0.2) is 16.7 Å². The molecule has 3 rings (SSSR count). The standard InChI is InChI=1S/C14H8ClN3O5/c15-8-1-3-9(4-2-8)17-14(20)11(13(19)16-17)7-10-5-6-12(23-10)18(21)22/h1-7H,(H,16,19). The van der Waals surface area contributed by atoms with E-state index in [1.807, 2.05) is 0 Å². The second-order valence-electron chi connectivity index (χ2n) is 4.55. The fourth-order valence-electron chi connectivity index (χ4n) is 1.99. The summed E-state index contributed by atoms with van der Waals surface area (Å²) in [5.41, 5.74) is 2.64. The van der Waals surface area contributed by atoms with E-state index in [9.17, 15) is 19.7 Å². The minimum atomic E-state index is -0.710. The van der Waals surface area contributed by atoms with Crippen LogP contribution < -0.4 is 10.4 Å². The van der Waals surface area contributed by atoms with Gasteiger partial charge in [-0.2, -0.15) is 0 Å². The van der Waals surface area contributed by atoms with Crippen molar-refractivity contribution in [1.82, 2.24) is 5.43 Å². The molecular formula is C14H8ClN3O5. The average Bonchev–Trinajstić information content (AvgIpc) is 3.09. The van der Waals surface area contributed by atoms with Crippen LogP contribution in [-0.2, 0) is 9.59 Å². The highest BCUT2D eigenvalue weighted by Crippen LogP contribution is 2.24. The smallest absolute Gasteiger partial charge is 0.401 e. The fraction of sp³-hybridized carbons (Fsp3) is 0. The van der Waals surface area contributed by atoms with Crippen LogP contribution in [0.5, 0.6) is 0 Å². The fourth-order valence-corrected chi connectivity index (χ4v) is 2.12. The molecule has 1 aromatic carbocycles. The first-order valence-corrected chi connectivity index (χ1v) is 6.70. The van der Waals surface area contributed by atoms with Crippen molar-refractivity contribution in [2.75, 3.05) is 5.01 Å². The Balaban J connectivity index is 1.90. The van der Waals surface area contributed by atoms with Crippen LogP contribution in [0, 0.1) is 10.1 Å². The first-order valence-electron chi connectivity index (χ1n) is 6.32. The zero-order valence-corrected chi connectivity index (χ0v) is 12.1. The number of hydrazine groups is 1. The molecule has 0 saturated carbocycles. The molecule has 1 aromatic heterocycles. The Morgan fingerprint density at radius 3 is 2.48 bits per heavy atom. The molecule has 1 aliphatic heterocycles. The first-order chi connectivity index (χ1) is 11.0. The molecule has 9 heteroatoms. The van der Waals surface area contributed by atoms with Gasteiger partial charge in [-0.1, -0.05) is 11.6 Å². The average molecular weight is 334 g/mol. The molecule has 0 aliphatic carbocycles. The summed E-state index contributed by atoms with van der Waals surface area (Å²) < 4.78 is 4.92. The molecule has 0 spiro atoms. The van der Waals surface area contributed by atoms with Crippen LogP contribution in [0.15, 0.2) is 46.4 Å². The van der Waals surface area contributed by atoms with Crippen LogP contribution in [0.3, 0.4) is 0 Å². The van der Waals surface area contributed by atoms with Crippen LogP contribution in [0.25, 0.3) is 6.08 Å². The molecular weight excluding hydrogens is 326 g/mol. The van der Waals surface area contributed by atoms with Crippen molar-refractivity contribution >= 4 is 41.1 Å². The second-order valence-corrected chi connectivity index (χ2v) is 4.99. The highest BCUT2D eigenvalue weighted by molar-refractivity contribution is 6.32. The van der Waals surface area contributed by atoms with Gasteiger partial charge in [0.2, 0.25) is 0 Å². The SMILES string of the molecule is O=C1NN(c2ccc(Cl)cc2)C(=O)C1=Cc1ccc([N+](=O)[O-])o1. The number of carbonyl (C=O) groups is 2. The first kappa shape index (κ1) is 14.8. The third-order valence-electron chi connectivity index (χ3n) is 3.06. The number of nitrogens with zero attached hydrogens (tertiary/aromatic N) is 2. The van der Waals surface area contributed by atoms with Gasteiger partial charge in [0, 0.05) is 5.02 Å². The van der Waals surface area contributed by atoms with E-state index in [4.69, 9.17) is 16.0 Å².